The van der Waals surface area contributed by atoms with Crippen molar-refractivity contribution in [2.45, 2.75) is 45.1 Å². The highest BCUT2D eigenvalue weighted by Gasteiger charge is 2.28. The van der Waals surface area contributed by atoms with Crippen LogP contribution in [-0.4, -0.2) is 67.9 Å². The van der Waals surface area contributed by atoms with Gasteiger partial charge in [0.05, 0.1) is 5.69 Å². The maximum Gasteiger partial charge on any atom is 0.254 e. The molecule has 2 aliphatic rings. The molecule has 0 atom stereocenters. The fourth-order valence-electron chi connectivity index (χ4n) is 4.92. The number of piperazine rings is 1. The SMILES string of the molecule is Cc1c(C(=O)N2CCN(C3CCCCC3)CC2)cccc1-n1nnc2cccnc21. The Bertz CT molecular complexity index is 1050. The lowest BCUT2D eigenvalue weighted by Crippen LogP contribution is -2.52. The summed E-state index contributed by atoms with van der Waals surface area (Å²) in [6.07, 6.45) is 8.44. The minimum Gasteiger partial charge on any atom is -0.336 e. The summed E-state index contributed by atoms with van der Waals surface area (Å²) >= 11 is 0. The van der Waals surface area contributed by atoms with Crippen LogP contribution in [0.1, 0.15) is 48.0 Å². The second kappa shape index (κ2) is 8.14. The zero-order valence-electron chi connectivity index (χ0n) is 17.5. The molecule has 0 radical (unpaired) electrons. The molecule has 5 rings (SSSR count). The van der Waals surface area contributed by atoms with E-state index in [-0.39, 0.29) is 5.91 Å². The van der Waals surface area contributed by atoms with Crippen LogP contribution in [-0.2, 0) is 0 Å². The van der Waals surface area contributed by atoms with Crippen molar-refractivity contribution in [1.29, 1.82) is 0 Å². The van der Waals surface area contributed by atoms with Crippen molar-refractivity contribution < 1.29 is 4.79 Å². The highest BCUT2D eigenvalue weighted by molar-refractivity contribution is 5.96. The summed E-state index contributed by atoms with van der Waals surface area (Å²) in [6, 6.07) is 10.3. The average molecular weight is 405 g/mol. The molecule has 30 heavy (non-hydrogen) atoms. The van der Waals surface area contributed by atoms with E-state index >= 15 is 0 Å². The van der Waals surface area contributed by atoms with Gasteiger partial charge in [-0.05, 0) is 49.6 Å². The highest BCUT2D eigenvalue weighted by Crippen LogP contribution is 2.25. The van der Waals surface area contributed by atoms with Crippen molar-refractivity contribution in [2.75, 3.05) is 26.2 Å². The lowest BCUT2D eigenvalue weighted by atomic mass is 9.94. The van der Waals surface area contributed by atoms with Gasteiger partial charge in [0.15, 0.2) is 5.65 Å². The van der Waals surface area contributed by atoms with Crippen LogP contribution in [0.25, 0.3) is 16.9 Å². The van der Waals surface area contributed by atoms with Crippen molar-refractivity contribution in [2.24, 2.45) is 0 Å². The smallest absolute Gasteiger partial charge is 0.254 e. The average Bonchev–Trinajstić information content (AvgIpc) is 3.23. The number of amides is 1. The van der Waals surface area contributed by atoms with E-state index in [0.717, 1.165) is 48.5 Å². The van der Waals surface area contributed by atoms with Gasteiger partial charge in [-0.25, -0.2) is 4.98 Å². The van der Waals surface area contributed by atoms with E-state index in [2.05, 4.69) is 20.2 Å². The number of hydrogen-bond donors (Lipinski definition) is 0. The molecule has 1 saturated carbocycles. The summed E-state index contributed by atoms with van der Waals surface area (Å²) in [5.41, 5.74) is 3.94. The summed E-state index contributed by atoms with van der Waals surface area (Å²) in [7, 11) is 0. The predicted molar refractivity (Wildman–Crippen MR) is 116 cm³/mol. The summed E-state index contributed by atoms with van der Waals surface area (Å²) in [5.74, 6) is 0.107. The summed E-state index contributed by atoms with van der Waals surface area (Å²) in [5, 5.41) is 8.48. The van der Waals surface area contributed by atoms with Crippen molar-refractivity contribution in [1.82, 2.24) is 29.8 Å². The quantitative estimate of drug-likeness (QED) is 0.671. The third-order valence-electron chi connectivity index (χ3n) is 6.66. The van der Waals surface area contributed by atoms with Crippen LogP contribution in [0.5, 0.6) is 0 Å². The molecule has 7 heteroatoms. The number of aromatic nitrogens is 4. The van der Waals surface area contributed by atoms with Crippen LogP contribution in [0.2, 0.25) is 0 Å². The van der Waals surface area contributed by atoms with E-state index in [1.165, 1.54) is 32.1 Å². The topological polar surface area (TPSA) is 67.2 Å². The molecule has 1 saturated heterocycles. The lowest BCUT2D eigenvalue weighted by Gasteiger charge is -2.40. The van der Waals surface area contributed by atoms with E-state index in [1.54, 1.807) is 10.9 Å². The van der Waals surface area contributed by atoms with Crippen LogP contribution < -0.4 is 0 Å². The van der Waals surface area contributed by atoms with E-state index in [9.17, 15) is 4.79 Å². The van der Waals surface area contributed by atoms with Gasteiger partial charge in [-0.15, -0.1) is 5.10 Å². The molecule has 3 aromatic rings. The zero-order valence-corrected chi connectivity index (χ0v) is 17.5. The first-order chi connectivity index (χ1) is 14.7. The van der Waals surface area contributed by atoms with Crippen LogP contribution in [0, 0.1) is 6.92 Å². The Balaban J connectivity index is 1.35. The van der Waals surface area contributed by atoms with Gasteiger partial charge in [0.2, 0.25) is 0 Å². The number of carbonyl (C=O) groups is 1. The van der Waals surface area contributed by atoms with Gasteiger partial charge in [-0.2, -0.15) is 4.68 Å². The highest BCUT2D eigenvalue weighted by atomic mass is 16.2. The molecule has 0 spiro atoms. The summed E-state index contributed by atoms with van der Waals surface area (Å²) < 4.78 is 1.72. The van der Waals surface area contributed by atoms with Gasteiger partial charge in [0, 0.05) is 44.0 Å². The number of pyridine rings is 1. The van der Waals surface area contributed by atoms with Gasteiger partial charge in [0.1, 0.15) is 5.52 Å². The maximum absolute atomic E-state index is 13.3. The molecule has 3 heterocycles. The molecule has 0 bridgehead atoms. The van der Waals surface area contributed by atoms with E-state index < -0.39 is 0 Å². The Morgan fingerprint density at radius 1 is 1.00 bits per heavy atom. The van der Waals surface area contributed by atoms with Gasteiger partial charge in [-0.3, -0.25) is 9.69 Å². The Kier molecular flexibility index (Phi) is 5.21. The van der Waals surface area contributed by atoms with Gasteiger partial charge in [0.25, 0.3) is 5.91 Å². The number of nitrogens with zero attached hydrogens (tertiary/aromatic N) is 6. The van der Waals surface area contributed by atoms with Gasteiger partial charge in [-0.1, -0.05) is 30.5 Å². The van der Waals surface area contributed by atoms with Crippen LogP contribution in [0.4, 0.5) is 0 Å². The normalized spacial score (nSPS) is 18.8. The second-order valence-electron chi connectivity index (χ2n) is 8.42. The molecule has 1 aliphatic carbocycles. The number of hydrogen-bond acceptors (Lipinski definition) is 5. The molecular formula is C23H28N6O. The molecule has 2 aromatic heterocycles. The largest absolute Gasteiger partial charge is 0.336 e. The molecule has 1 aliphatic heterocycles. The Morgan fingerprint density at radius 3 is 2.60 bits per heavy atom. The Morgan fingerprint density at radius 2 is 1.80 bits per heavy atom. The molecule has 1 aromatic carbocycles. The van der Waals surface area contributed by atoms with E-state index in [0.29, 0.717) is 11.7 Å². The lowest BCUT2D eigenvalue weighted by molar-refractivity contribution is 0.0522. The number of benzene rings is 1. The fourth-order valence-corrected chi connectivity index (χ4v) is 4.92. The monoisotopic (exact) mass is 404 g/mol. The second-order valence-corrected chi connectivity index (χ2v) is 8.42. The molecule has 0 unspecified atom stereocenters. The van der Waals surface area contributed by atoms with Crippen molar-refractivity contribution in [3.63, 3.8) is 0 Å². The van der Waals surface area contributed by atoms with Gasteiger partial charge < -0.3 is 4.90 Å². The van der Waals surface area contributed by atoms with Gasteiger partial charge >= 0.3 is 0 Å². The number of rotatable bonds is 3. The van der Waals surface area contributed by atoms with E-state index in [1.807, 2.05) is 42.2 Å². The molecule has 1 amide bonds. The van der Waals surface area contributed by atoms with Crippen LogP contribution in [0.15, 0.2) is 36.5 Å². The minimum absolute atomic E-state index is 0.107. The third-order valence-corrected chi connectivity index (χ3v) is 6.66. The molecule has 156 valence electrons. The van der Waals surface area contributed by atoms with Crippen LogP contribution in [0.3, 0.4) is 0 Å². The summed E-state index contributed by atoms with van der Waals surface area (Å²) in [6.45, 7) is 5.54. The zero-order chi connectivity index (χ0) is 20.5. The van der Waals surface area contributed by atoms with Crippen LogP contribution >= 0.6 is 0 Å². The Hall–Kier alpha value is -2.80. The predicted octanol–water partition coefficient (Wildman–Crippen LogP) is 3.21. The van der Waals surface area contributed by atoms with Crippen molar-refractivity contribution >= 4 is 17.1 Å². The molecule has 0 N–H and O–H groups in total. The third kappa shape index (κ3) is 3.47. The molecular weight excluding hydrogens is 376 g/mol. The fraction of sp³-hybridized carbons (Fsp3) is 0.478. The molecule has 2 fully saturated rings. The maximum atomic E-state index is 13.3. The van der Waals surface area contributed by atoms with E-state index in [4.69, 9.17) is 0 Å². The first kappa shape index (κ1) is 19.2. The Labute approximate surface area is 176 Å². The van der Waals surface area contributed by atoms with Crippen molar-refractivity contribution in [3.8, 4) is 5.69 Å². The number of fused-ring (bicyclic) bond motifs is 1. The first-order valence-electron chi connectivity index (χ1n) is 11.0. The first-order valence-corrected chi connectivity index (χ1v) is 11.0. The number of carbonyl (C=O) groups excluding carboxylic acids is 1. The molecule has 7 nitrogen and oxygen atoms in total. The standard InChI is InChI=1S/C23H28N6O/c1-17-19(9-5-11-21(17)29-22-20(25-26-29)10-6-12-24-22)23(30)28-15-13-27(14-16-28)18-7-3-2-4-8-18/h5-6,9-12,18H,2-4,7-8,13-16H2,1H3. The van der Waals surface area contributed by atoms with Crippen molar-refractivity contribution in [3.05, 3.63) is 47.7 Å². The minimum atomic E-state index is 0.107. The summed E-state index contributed by atoms with van der Waals surface area (Å²) in [4.78, 5) is 22.3.